The first-order valence-electron chi connectivity index (χ1n) is 7.25. The molecule has 0 saturated carbocycles. The van der Waals surface area contributed by atoms with E-state index in [0.29, 0.717) is 5.56 Å². The minimum atomic E-state index is -1.15. The van der Waals surface area contributed by atoms with Crippen molar-refractivity contribution in [1.29, 1.82) is 0 Å². The Morgan fingerprint density at radius 1 is 1.21 bits per heavy atom. The molecule has 7 heteroatoms. The number of ketones is 1. The lowest BCUT2D eigenvalue weighted by atomic mass is 9.96. The Morgan fingerprint density at radius 2 is 1.88 bits per heavy atom. The summed E-state index contributed by atoms with van der Waals surface area (Å²) in [6.45, 7) is 1.72. The number of primary amides is 1. The molecule has 2 N–H and O–H groups in total. The summed E-state index contributed by atoms with van der Waals surface area (Å²) < 4.78 is 13.1. The molecule has 2 rings (SSSR count). The van der Waals surface area contributed by atoms with Gasteiger partial charge >= 0.3 is 11.8 Å². The Bertz CT molecular complexity index is 747. The minimum Gasteiger partial charge on any atom is -0.361 e. The molecule has 1 aromatic carbocycles. The maximum atomic E-state index is 13.1. The number of hydrogen-bond donors (Lipinski definition) is 1. The Balaban J connectivity index is 2.50. The van der Waals surface area contributed by atoms with Crippen molar-refractivity contribution >= 4 is 17.6 Å². The third kappa shape index (κ3) is 3.62. The molecular formula is C17H16FN3O3. The van der Waals surface area contributed by atoms with Gasteiger partial charge in [-0.15, -0.1) is 0 Å². The van der Waals surface area contributed by atoms with Crippen molar-refractivity contribution < 1.29 is 18.8 Å². The van der Waals surface area contributed by atoms with Crippen LogP contribution in [0.5, 0.6) is 0 Å². The highest BCUT2D eigenvalue weighted by Gasteiger charge is 2.33. The lowest BCUT2D eigenvalue weighted by molar-refractivity contribution is -0.145. The van der Waals surface area contributed by atoms with E-state index in [1.807, 2.05) is 0 Å². The molecule has 24 heavy (non-hydrogen) atoms. The first kappa shape index (κ1) is 17.3. The fraction of sp³-hybridized carbons (Fsp3) is 0.176. The second-order valence-corrected chi connectivity index (χ2v) is 5.02. The first-order valence-corrected chi connectivity index (χ1v) is 7.25. The van der Waals surface area contributed by atoms with E-state index < -0.39 is 29.5 Å². The molecule has 1 unspecified atom stereocenters. The van der Waals surface area contributed by atoms with Gasteiger partial charge in [-0.05, 0) is 37.3 Å². The fourth-order valence-corrected chi connectivity index (χ4v) is 2.37. The van der Waals surface area contributed by atoms with Crippen LogP contribution in [0.2, 0.25) is 0 Å². The molecule has 1 heterocycles. The zero-order chi connectivity index (χ0) is 17.7. The number of aromatic nitrogens is 1. The predicted octanol–water partition coefficient (Wildman–Crippen LogP) is 1.48. The molecular weight excluding hydrogens is 313 g/mol. The van der Waals surface area contributed by atoms with Crippen molar-refractivity contribution in [2.45, 2.75) is 13.0 Å². The van der Waals surface area contributed by atoms with Crippen molar-refractivity contribution in [3.8, 4) is 0 Å². The van der Waals surface area contributed by atoms with Crippen molar-refractivity contribution in [3.63, 3.8) is 0 Å². The van der Waals surface area contributed by atoms with Gasteiger partial charge in [0.05, 0.1) is 0 Å². The number of benzene rings is 1. The molecule has 0 spiro atoms. The van der Waals surface area contributed by atoms with Crippen LogP contribution in [0.15, 0.2) is 48.8 Å². The molecule has 2 aromatic rings. The van der Waals surface area contributed by atoms with Crippen molar-refractivity contribution in [2.75, 3.05) is 6.54 Å². The molecule has 2 amide bonds. The van der Waals surface area contributed by atoms with E-state index >= 15 is 0 Å². The van der Waals surface area contributed by atoms with Gasteiger partial charge < -0.3 is 10.6 Å². The van der Waals surface area contributed by atoms with E-state index in [4.69, 9.17) is 5.73 Å². The number of nitrogens with two attached hydrogens (primary N) is 1. The standard InChI is InChI=1S/C17H16FN3O3/c1-2-21(17(24)16(19)23)14(12-4-3-9-20-10-12)15(22)11-5-7-13(18)8-6-11/h3-10,14H,2H2,1H3,(H2,19,23). The summed E-state index contributed by atoms with van der Waals surface area (Å²) in [6, 6.07) is 7.11. The lowest BCUT2D eigenvalue weighted by Gasteiger charge is -2.29. The second kappa shape index (κ2) is 7.45. The fourth-order valence-electron chi connectivity index (χ4n) is 2.37. The number of hydrogen-bond acceptors (Lipinski definition) is 4. The zero-order valence-electron chi connectivity index (χ0n) is 13.0. The highest BCUT2D eigenvalue weighted by molar-refractivity contribution is 6.34. The summed E-state index contributed by atoms with van der Waals surface area (Å²) in [4.78, 5) is 41.3. The van der Waals surface area contributed by atoms with E-state index in [1.165, 1.54) is 24.5 Å². The molecule has 1 aromatic heterocycles. The van der Waals surface area contributed by atoms with E-state index in [1.54, 1.807) is 19.1 Å². The number of likely N-dealkylation sites (N-methyl/N-ethyl adjacent to an activating group) is 1. The molecule has 0 radical (unpaired) electrons. The molecule has 0 fully saturated rings. The number of nitrogens with zero attached hydrogens (tertiary/aromatic N) is 2. The van der Waals surface area contributed by atoms with Gasteiger partial charge in [0.25, 0.3) is 0 Å². The van der Waals surface area contributed by atoms with Crippen LogP contribution in [0.4, 0.5) is 4.39 Å². The quantitative estimate of drug-likeness (QED) is 0.664. The number of halogens is 1. The van der Waals surface area contributed by atoms with Gasteiger partial charge in [0, 0.05) is 30.1 Å². The summed E-state index contributed by atoms with van der Waals surface area (Å²) in [5, 5.41) is 0. The van der Waals surface area contributed by atoms with E-state index in [0.717, 1.165) is 17.0 Å². The van der Waals surface area contributed by atoms with Gasteiger partial charge in [-0.25, -0.2) is 4.39 Å². The summed E-state index contributed by atoms with van der Waals surface area (Å²) in [6.07, 6.45) is 2.96. The Kier molecular flexibility index (Phi) is 5.36. The molecule has 0 bridgehead atoms. The third-order valence-corrected chi connectivity index (χ3v) is 3.50. The third-order valence-electron chi connectivity index (χ3n) is 3.50. The number of pyridine rings is 1. The van der Waals surface area contributed by atoms with Crippen LogP contribution in [0.1, 0.15) is 28.9 Å². The predicted molar refractivity (Wildman–Crippen MR) is 84.3 cm³/mol. The Labute approximate surface area is 138 Å². The smallest absolute Gasteiger partial charge is 0.312 e. The zero-order valence-corrected chi connectivity index (χ0v) is 13.0. The van der Waals surface area contributed by atoms with Gasteiger partial charge in [-0.1, -0.05) is 6.07 Å². The van der Waals surface area contributed by atoms with Gasteiger partial charge in [-0.2, -0.15) is 0 Å². The average Bonchev–Trinajstić information content (AvgIpc) is 2.59. The Hall–Kier alpha value is -3.09. The molecule has 0 aliphatic rings. The van der Waals surface area contributed by atoms with Crippen LogP contribution in [-0.4, -0.2) is 34.0 Å². The molecule has 6 nitrogen and oxygen atoms in total. The van der Waals surface area contributed by atoms with Crippen molar-refractivity contribution in [1.82, 2.24) is 9.88 Å². The number of Topliss-reactive ketones (excluding diaryl/α,β-unsaturated/α-hetero) is 1. The van der Waals surface area contributed by atoms with E-state index in [2.05, 4.69) is 4.98 Å². The van der Waals surface area contributed by atoms with Gasteiger partial charge in [0.1, 0.15) is 11.9 Å². The van der Waals surface area contributed by atoms with Crippen LogP contribution in [0, 0.1) is 5.82 Å². The van der Waals surface area contributed by atoms with Gasteiger partial charge in [0.15, 0.2) is 5.78 Å². The number of carbonyl (C=O) groups is 3. The first-order chi connectivity index (χ1) is 11.5. The maximum Gasteiger partial charge on any atom is 0.312 e. The van der Waals surface area contributed by atoms with Crippen LogP contribution < -0.4 is 5.73 Å². The maximum absolute atomic E-state index is 13.1. The molecule has 0 saturated heterocycles. The molecule has 0 aliphatic heterocycles. The summed E-state index contributed by atoms with van der Waals surface area (Å²) in [5.74, 6) is -3.07. The van der Waals surface area contributed by atoms with E-state index in [9.17, 15) is 18.8 Å². The number of rotatable bonds is 5. The monoisotopic (exact) mass is 329 g/mol. The van der Waals surface area contributed by atoms with Crippen molar-refractivity contribution in [3.05, 3.63) is 65.7 Å². The average molecular weight is 329 g/mol. The molecule has 124 valence electrons. The molecule has 1 atom stereocenters. The Morgan fingerprint density at radius 3 is 2.38 bits per heavy atom. The van der Waals surface area contributed by atoms with Crippen LogP contribution in [0.25, 0.3) is 0 Å². The topological polar surface area (TPSA) is 93.4 Å². The van der Waals surface area contributed by atoms with Crippen LogP contribution in [0.3, 0.4) is 0 Å². The van der Waals surface area contributed by atoms with E-state index in [-0.39, 0.29) is 12.1 Å². The number of carbonyl (C=O) groups excluding carboxylic acids is 3. The van der Waals surface area contributed by atoms with Gasteiger partial charge in [0.2, 0.25) is 0 Å². The SMILES string of the molecule is CCN(C(=O)C(N)=O)C(C(=O)c1ccc(F)cc1)c1cccnc1. The lowest BCUT2D eigenvalue weighted by Crippen LogP contribution is -2.45. The normalized spacial score (nSPS) is 11.6. The van der Waals surface area contributed by atoms with Crippen LogP contribution >= 0.6 is 0 Å². The summed E-state index contributed by atoms with van der Waals surface area (Å²) in [7, 11) is 0. The van der Waals surface area contributed by atoms with Crippen molar-refractivity contribution in [2.24, 2.45) is 5.73 Å². The highest BCUT2D eigenvalue weighted by Crippen LogP contribution is 2.25. The molecule has 0 aliphatic carbocycles. The second-order valence-electron chi connectivity index (χ2n) is 5.02. The summed E-state index contributed by atoms with van der Waals surface area (Å²) >= 11 is 0. The summed E-state index contributed by atoms with van der Waals surface area (Å²) in [5.41, 5.74) is 5.72. The van der Waals surface area contributed by atoms with Crippen LogP contribution in [-0.2, 0) is 9.59 Å². The minimum absolute atomic E-state index is 0.0915. The highest BCUT2D eigenvalue weighted by atomic mass is 19.1. The number of amides is 2. The van der Waals surface area contributed by atoms with Gasteiger partial charge in [-0.3, -0.25) is 19.4 Å². The largest absolute Gasteiger partial charge is 0.361 e.